The lowest BCUT2D eigenvalue weighted by molar-refractivity contribution is 0.775. The number of hydrogen-bond acceptors (Lipinski definition) is 2. The van der Waals surface area contributed by atoms with Crippen molar-refractivity contribution in [2.24, 2.45) is 7.05 Å². The maximum Gasteiger partial charge on any atom is 0.127 e. The van der Waals surface area contributed by atoms with Crippen molar-refractivity contribution in [2.75, 3.05) is 5.32 Å². The monoisotopic (exact) mass is 179 g/mol. The fourth-order valence-electron chi connectivity index (χ4n) is 1.15. The van der Waals surface area contributed by atoms with Crippen molar-refractivity contribution in [1.82, 2.24) is 9.78 Å². The second-order valence-electron chi connectivity index (χ2n) is 2.99. The van der Waals surface area contributed by atoms with Crippen molar-refractivity contribution in [1.29, 1.82) is 0 Å². The summed E-state index contributed by atoms with van der Waals surface area (Å²) in [5.74, 6) is 1.03. The summed E-state index contributed by atoms with van der Waals surface area (Å²) in [7, 11) is 1.92. The minimum atomic E-state index is 1.03. The summed E-state index contributed by atoms with van der Waals surface area (Å²) in [5, 5.41) is 7.30. The van der Waals surface area contributed by atoms with Gasteiger partial charge in [-0.15, -0.1) is 0 Å². The summed E-state index contributed by atoms with van der Waals surface area (Å²) in [6.07, 6.45) is 6.05. The summed E-state index contributed by atoms with van der Waals surface area (Å²) in [6.45, 7) is 4.33. The third kappa shape index (κ3) is 2.61. The van der Waals surface area contributed by atoms with Gasteiger partial charge in [-0.2, -0.15) is 5.10 Å². The number of allylic oxidation sites excluding steroid dienone is 1. The number of nitrogens with one attached hydrogen (secondary N) is 1. The van der Waals surface area contributed by atoms with Crippen LogP contribution in [0, 0.1) is 0 Å². The summed E-state index contributed by atoms with van der Waals surface area (Å²) in [6, 6.07) is 1.96. The minimum Gasteiger partial charge on any atom is -0.347 e. The summed E-state index contributed by atoms with van der Waals surface area (Å²) in [4.78, 5) is 0. The maximum atomic E-state index is 4.07. The Morgan fingerprint density at radius 2 is 2.23 bits per heavy atom. The second kappa shape index (κ2) is 4.70. The molecular weight excluding hydrogens is 162 g/mol. The Labute approximate surface area is 79.5 Å². The normalized spacial score (nSPS) is 9.77. The molecule has 1 aromatic rings. The summed E-state index contributed by atoms with van der Waals surface area (Å²) >= 11 is 0. The maximum absolute atomic E-state index is 4.07. The van der Waals surface area contributed by atoms with E-state index < -0.39 is 0 Å². The van der Waals surface area contributed by atoms with Crippen molar-refractivity contribution in [3.05, 3.63) is 24.0 Å². The first-order valence-corrected chi connectivity index (χ1v) is 4.70. The van der Waals surface area contributed by atoms with Crippen LogP contribution in [-0.2, 0) is 7.05 Å². The highest BCUT2D eigenvalue weighted by molar-refractivity contribution is 5.37. The minimum absolute atomic E-state index is 1.03. The highest BCUT2D eigenvalue weighted by atomic mass is 15.3. The molecule has 0 aliphatic heterocycles. The molecule has 1 rings (SSSR count). The number of hydrogen-bond donors (Lipinski definition) is 1. The van der Waals surface area contributed by atoms with Gasteiger partial charge in [0.05, 0.1) is 6.20 Å². The van der Waals surface area contributed by atoms with E-state index in [0.29, 0.717) is 0 Å². The van der Waals surface area contributed by atoms with Gasteiger partial charge in [-0.05, 0) is 12.8 Å². The fourth-order valence-corrected chi connectivity index (χ4v) is 1.15. The quantitative estimate of drug-likeness (QED) is 0.769. The Morgan fingerprint density at radius 3 is 2.69 bits per heavy atom. The van der Waals surface area contributed by atoms with Crippen molar-refractivity contribution in [3.63, 3.8) is 0 Å². The van der Waals surface area contributed by atoms with E-state index in [0.717, 1.165) is 18.7 Å². The van der Waals surface area contributed by atoms with Crippen molar-refractivity contribution in [3.8, 4) is 0 Å². The van der Waals surface area contributed by atoms with Crippen LogP contribution < -0.4 is 5.32 Å². The molecule has 0 saturated carbocycles. The molecular formula is C10H17N3. The molecule has 1 N–H and O–H groups in total. The van der Waals surface area contributed by atoms with Crippen molar-refractivity contribution in [2.45, 2.75) is 26.7 Å². The smallest absolute Gasteiger partial charge is 0.127 e. The van der Waals surface area contributed by atoms with Gasteiger partial charge in [0.2, 0.25) is 0 Å². The number of rotatable bonds is 4. The van der Waals surface area contributed by atoms with E-state index >= 15 is 0 Å². The largest absolute Gasteiger partial charge is 0.347 e. The zero-order valence-electron chi connectivity index (χ0n) is 8.54. The Hall–Kier alpha value is -1.25. The molecule has 3 heteroatoms. The Morgan fingerprint density at radius 1 is 1.54 bits per heavy atom. The lowest BCUT2D eigenvalue weighted by Crippen LogP contribution is -1.98. The van der Waals surface area contributed by atoms with Gasteiger partial charge < -0.3 is 5.32 Å². The number of aryl methyl sites for hydroxylation is 1. The molecule has 0 amide bonds. The summed E-state index contributed by atoms with van der Waals surface area (Å²) in [5.41, 5.74) is 1.42. The van der Waals surface area contributed by atoms with Crippen LogP contribution in [0.25, 0.3) is 0 Å². The number of nitrogens with zero attached hydrogens (tertiary/aromatic N) is 2. The molecule has 0 unspecified atom stereocenters. The molecule has 72 valence electrons. The number of aromatic nitrogens is 2. The van der Waals surface area contributed by atoms with Crippen LogP contribution in [0.5, 0.6) is 0 Å². The topological polar surface area (TPSA) is 29.9 Å². The van der Waals surface area contributed by atoms with E-state index in [9.17, 15) is 0 Å². The van der Waals surface area contributed by atoms with E-state index in [-0.39, 0.29) is 0 Å². The van der Waals surface area contributed by atoms with Crippen LogP contribution >= 0.6 is 0 Å². The highest BCUT2D eigenvalue weighted by Crippen LogP contribution is 2.08. The highest BCUT2D eigenvalue weighted by Gasteiger charge is 1.94. The molecule has 13 heavy (non-hydrogen) atoms. The van der Waals surface area contributed by atoms with E-state index in [1.807, 2.05) is 17.8 Å². The molecule has 0 fully saturated rings. The predicted molar refractivity (Wildman–Crippen MR) is 55.5 cm³/mol. The fraction of sp³-hybridized carbons (Fsp3) is 0.500. The third-order valence-electron chi connectivity index (χ3n) is 2.15. The van der Waals surface area contributed by atoms with Crippen molar-refractivity contribution < 1.29 is 0 Å². The Kier molecular flexibility index (Phi) is 3.55. The van der Waals surface area contributed by atoms with E-state index in [2.05, 4.69) is 30.5 Å². The molecule has 1 aromatic heterocycles. The van der Waals surface area contributed by atoms with Crippen LogP contribution in [0.15, 0.2) is 24.0 Å². The van der Waals surface area contributed by atoms with Gasteiger partial charge in [0.15, 0.2) is 0 Å². The van der Waals surface area contributed by atoms with Gasteiger partial charge >= 0.3 is 0 Å². The van der Waals surface area contributed by atoms with Gasteiger partial charge in [0.25, 0.3) is 0 Å². The lowest BCUT2D eigenvalue weighted by Gasteiger charge is -2.03. The molecule has 0 radical (unpaired) electrons. The Bertz CT molecular complexity index is 280. The first kappa shape index (κ1) is 9.84. The molecule has 0 aromatic carbocycles. The molecule has 0 spiro atoms. The van der Waals surface area contributed by atoms with Gasteiger partial charge in [0.1, 0.15) is 5.82 Å². The average Bonchev–Trinajstić information content (AvgIpc) is 2.54. The standard InChI is InChI=1S/C10H17N3/c1-4-9(5-2)8-11-10-6-7-12-13(10)3/h6-8,11H,4-5H2,1-3H3. The zero-order chi connectivity index (χ0) is 9.68. The molecule has 0 atom stereocenters. The number of anilines is 1. The van der Waals surface area contributed by atoms with Crippen LogP contribution in [0.2, 0.25) is 0 Å². The van der Waals surface area contributed by atoms with E-state index in [1.54, 1.807) is 6.20 Å². The third-order valence-corrected chi connectivity index (χ3v) is 2.15. The van der Waals surface area contributed by atoms with Crippen LogP contribution in [-0.4, -0.2) is 9.78 Å². The first-order valence-electron chi connectivity index (χ1n) is 4.70. The van der Waals surface area contributed by atoms with Crippen LogP contribution in [0.3, 0.4) is 0 Å². The van der Waals surface area contributed by atoms with E-state index in [4.69, 9.17) is 0 Å². The predicted octanol–water partition coefficient (Wildman–Crippen LogP) is 2.54. The average molecular weight is 179 g/mol. The van der Waals surface area contributed by atoms with Gasteiger partial charge in [-0.3, -0.25) is 4.68 Å². The molecule has 0 saturated heterocycles. The lowest BCUT2D eigenvalue weighted by atomic mass is 10.2. The van der Waals surface area contributed by atoms with Gasteiger partial charge in [-0.25, -0.2) is 0 Å². The molecule has 0 bridgehead atoms. The Balaban J connectivity index is 2.60. The van der Waals surface area contributed by atoms with Gasteiger partial charge in [0, 0.05) is 19.3 Å². The molecule has 0 aliphatic rings. The second-order valence-corrected chi connectivity index (χ2v) is 2.99. The van der Waals surface area contributed by atoms with Gasteiger partial charge in [-0.1, -0.05) is 19.4 Å². The van der Waals surface area contributed by atoms with Crippen LogP contribution in [0.1, 0.15) is 26.7 Å². The molecule has 1 heterocycles. The summed E-state index contributed by atoms with van der Waals surface area (Å²) < 4.78 is 1.82. The van der Waals surface area contributed by atoms with E-state index in [1.165, 1.54) is 5.57 Å². The SMILES string of the molecule is CCC(=CNc1ccnn1C)CC. The van der Waals surface area contributed by atoms with Crippen molar-refractivity contribution >= 4 is 5.82 Å². The van der Waals surface area contributed by atoms with Crippen LogP contribution in [0.4, 0.5) is 5.82 Å². The first-order chi connectivity index (χ1) is 6.27. The zero-order valence-corrected chi connectivity index (χ0v) is 8.54. The molecule has 0 aliphatic carbocycles. The molecule has 3 nitrogen and oxygen atoms in total.